The lowest BCUT2D eigenvalue weighted by Gasteiger charge is -2.46. The normalized spacial score (nSPS) is 21.0. The average molecular weight is 863 g/mol. The van der Waals surface area contributed by atoms with E-state index in [1.54, 1.807) is 25.3 Å². The SMILES string of the molecule is CCCCc1ccc(-c2ccc(C(=O)NC(CCN)C(=O)NC(C(=O)NC(C)C(=O)NC(CCCCN)C(=O)NC(C)B3OC(C)C(CC4CCC4(C)C)O3)C(C)O)nc2)cc1. The van der Waals surface area contributed by atoms with Gasteiger partial charge in [-0.2, -0.15) is 0 Å². The zero-order valence-corrected chi connectivity index (χ0v) is 37.7. The van der Waals surface area contributed by atoms with Gasteiger partial charge in [-0.05, 0) is 127 Å². The number of pyridine rings is 1. The van der Waals surface area contributed by atoms with Crippen LogP contribution in [-0.4, -0.2) is 108 Å². The van der Waals surface area contributed by atoms with Crippen LogP contribution in [0.2, 0.25) is 0 Å². The van der Waals surface area contributed by atoms with E-state index < -0.39 is 72.9 Å². The zero-order chi connectivity index (χ0) is 45.6. The number of nitrogens with two attached hydrogens (primary N) is 2. The Bertz CT molecular complexity index is 1780. The van der Waals surface area contributed by atoms with Crippen LogP contribution in [0.4, 0.5) is 0 Å². The molecule has 1 aliphatic heterocycles. The van der Waals surface area contributed by atoms with Crippen molar-refractivity contribution < 1.29 is 38.4 Å². The van der Waals surface area contributed by atoms with E-state index in [1.165, 1.54) is 25.8 Å². The summed E-state index contributed by atoms with van der Waals surface area (Å²) in [5.74, 6) is -3.31. The summed E-state index contributed by atoms with van der Waals surface area (Å²) >= 11 is 0. The zero-order valence-electron chi connectivity index (χ0n) is 37.7. The molecular formula is C45H71BN8O8. The standard InChI is InChI=1S/C45H71BN8O8/c1-8-9-12-31-14-16-32(17-15-31)33-18-19-35(49-26-33)41(57)53-37(21-24-48)43(59)54-39(28(3)55)44(60)50-27(2)40(56)52-36(13-10-11-23-47)42(58)51-30(5)46-61-29(4)38(62-46)25-34-20-22-45(34,6)7/h14-19,26-30,34,36-39,55H,8-13,20-25,47-48H2,1-7H3,(H,50,60)(H,51,58)(H,52,56)(H,53,57)(H,54,59). The molecule has 17 heteroatoms. The quantitative estimate of drug-likeness (QED) is 0.0563. The van der Waals surface area contributed by atoms with E-state index in [1.807, 2.05) is 19.1 Å². The number of aliphatic hydroxyl groups excluding tert-OH is 1. The highest BCUT2D eigenvalue weighted by Gasteiger charge is 2.46. The van der Waals surface area contributed by atoms with Gasteiger partial charge in [0, 0.05) is 11.8 Å². The number of benzene rings is 1. The highest BCUT2D eigenvalue weighted by Crippen LogP contribution is 2.49. The fourth-order valence-corrected chi connectivity index (χ4v) is 7.83. The van der Waals surface area contributed by atoms with Gasteiger partial charge in [0.15, 0.2) is 0 Å². The summed E-state index contributed by atoms with van der Waals surface area (Å²) in [7, 11) is -0.654. The van der Waals surface area contributed by atoms with Gasteiger partial charge in [0.25, 0.3) is 5.91 Å². The summed E-state index contributed by atoms with van der Waals surface area (Å²) in [5.41, 5.74) is 14.9. The lowest BCUT2D eigenvalue weighted by molar-refractivity contribution is -0.135. The molecule has 62 heavy (non-hydrogen) atoms. The van der Waals surface area contributed by atoms with Gasteiger partial charge < -0.3 is 52.5 Å². The minimum absolute atomic E-state index is 0.0244. The van der Waals surface area contributed by atoms with E-state index in [9.17, 15) is 29.1 Å². The van der Waals surface area contributed by atoms with Gasteiger partial charge >= 0.3 is 7.12 Å². The predicted molar refractivity (Wildman–Crippen MR) is 239 cm³/mol. The molecule has 1 saturated carbocycles. The Kier molecular flexibility index (Phi) is 19.3. The second-order valence-electron chi connectivity index (χ2n) is 17.8. The van der Waals surface area contributed by atoms with Crippen LogP contribution in [0.25, 0.3) is 11.1 Å². The summed E-state index contributed by atoms with van der Waals surface area (Å²) in [4.78, 5) is 71.5. The molecule has 0 radical (unpaired) electrons. The minimum Gasteiger partial charge on any atom is -0.405 e. The Labute approximate surface area is 367 Å². The van der Waals surface area contributed by atoms with Gasteiger partial charge in [-0.3, -0.25) is 29.0 Å². The smallest absolute Gasteiger partial charge is 0.405 e. The van der Waals surface area contributed by atoms with E-state index in [-0.39, 0.29) is 42.7 Å². The molecule has 9 unspecified atom stereocenters. The molecule has 0 spiro atoms. The monoisotopic (exact) mass is 863 g/mol. The third kappa shape index (κ3) is 14.3. The number of aromatic nitrogens is 1. The number of carbonyl (C=O) groups is 5. The maximum atomic E-state index is 13.6. The van der Waals surface area contributed by atoms with Gasteiger partial charge in [0.05, 0.1) is 24.3 Å². The van der Waals surface area contributed by atoms with E-state index in [4.69, 9.17) is 20.8 Å². The predicted octanol–water partition coefficient (Wildman–Crippen LogP) is 2.68. The van der Waals surface area contributed by atoms with Crippen LogP contribution >= 0.6 is 0 Å². The Morgan fingerprint density at radius 1 is 0.823 bits per heavy atom. The first-order valence-electron chi connectivity index (χ1n) is 22.4. The second-order valence-corrected chi connectivity index (χ2v) is 17.8. The van der Waals surface area contributed by atoms with Crippen molar-refractivity contribution in [2.24, 2.45) is 22.8 Å². The van der Waals surface area contributed by atoms with Crippen molar-refractivity contribution in [3.05, 3.63) is 53.9 Å². The molecule has 2 aliphatic rings. The highest BCUT2D eigenvalue weighted by molar-refractivity contribution is 6.47. The summed E-state index contributed by atoms with van der Waals surface area (Å²) in [6.45, 7) is 13.6. The number of aliphatic hydroxyl groups is 1. The maximum absolute atomic E-state index is 13.6. The van der Waals surface area contributed by atoms with E-state index in [0.717, 1.165) is 43.2 Å². The Balaban J connectivity index is 1.32. The average Bonchev–Trinajstić information content (AvgIpc) is 3.62. The number of aryl methyl sites for hydroxylation is 1. The number of hydrogen-bond acceptors (Lipinski definition) is 11. The van der Waals surface area contributed by atoms with Crippen molar-refractivity contribution in [2.75, 3.05) is 13.1 Å². The third-order valence-corrected chi connectivity index (χ3v) is 12.3. The van der Waals surface area contributed by atoms with E-state index in [0.29, 0.717) is 25.3 Å². The Morgan fingerprint density at radius 2 is 1.50 bits per heavy atom. The van der Waals surface area contributed by atoms with Gasteiger partial charge in [-0.15, -0.1) is 0 Å². The van der Waals surface area contributed by atoms with Crippen LogP contribution in [0, 0.1) is 11.3 Å². The maximum Gasteiger partial charge on any atom is 0.481 e. The number of hydrogen-bond donors (Lipinski definition) is 8. The topological polar surface area (TPSA) is 249 Å². The molecule has 16 nitrogen and oxygen atoms in total. The van der Waals surface area contributed by atoms with Gasteiger partial charge in [-0.1, -0.05) is 57.5 Å². The molecule has 2 heterocycles. The molecule has 2 fully saturated rings. The van der Waals surface area contributed by atoms with Gasteiger partial charge in [0.2, 0.25) is 23.6 Å². The van der Waals surface area contributed by atoms with Crippen LogP contribution in [0.3, 0.4) is 0 Å². The van der Waals surface area contributed by atoms with Crippen LogP contribution in [-0.2, 0) is 34.9 Å². The molecule has 9 atom stereocenters. The Morgan fingerprint density at radius 3 is 2.08 bits per heavy atom. The van der Waals surface area contributed by atoms with Crippen LogP contribution in [0.5, 0.6) is 0 Å². The number of nitrogens with zero attached hydrogens (tertiary/aromatic N) is 1. The van der Waals surface area contributed by atoms with Crippen LogP contribution < -0.4 is 38.1 Å². The number of rotatable bonds is 24. The number of amides is 5. The van der Waals surface area contributed by atoms with Gasteiger partial charge in [0.1, 0.15) is 29.9 Å². The first-order valence-corrected chi connectivity index (χ1v) is 22.4. The number of carbonyl (C=O) groups excluding carboxylic acids is 5. The van der Waals surface area contributed by atoms with Crippen molar-refractivity contribution in [2.45, 2.75) is 161 Å². The summed E-state index contributed by atoms with van der Waals surface area (Å²) in [6.07, 6.45) is 7.96. The van der Waals surface area contributed by atoms with E-state index in [2.05, 4.69) is 64.5 Å². The molecule has 0 bridgehead atoms. The second kappa shape index (κ2) is 23.9. The fraction of sp³-hybridized carbons (Fsp3) is 0.644. The van der Waals surface area contributed by atoms with Gasteiger partial charge in [-0.25, -0.2) is 0 Å². The Hall–Kier alpha value is -4.42. The molecule has 1 saturated heterocycles. The summed E-state index contributed by atoms with van der Waals surface area (Å²) in [6, 6.07) is 6.72. The molecule has 4 rings (SSSR count). The largest absolute Gasteiger partial charge is 0.481 e. The van der Waals surface area contributed by atoms with Crippen molar-refractivity contribution >= 4 is 36.7 Å². The first-order chi connectivity index (χ1) is 29.5. The molecule has 1 aromatic carbocycles. The van der Waals surface area contributed by atoms with Crippen molar-refractivity contribution in [3.8, 4) is 11.1 Å². The van der Waals surface area contributed by atoms with Crippen molar-refractivity contribution in [1.82, 2.24) is 31.6 Å². The minimum atomic E-state index is -1.50. The number of unbranched alkanes of at least 4 members (excludes halogenated alkanes) is 2. The summed E-state index contributed by atoms with van der Waals surface area (Å²) in [5, 5.41) is 23.9. The van der Waals surface area contributed by atoms with Crippen molar-refractivity contribution in [1.29, 1.82) is 0 Å². The van der Waals surface area contributed by atoms with Crippen LogP contribution in [0.1, 0.15) is 122 Å². The lowest BCUT2D eigenvalue weighted by atomic mass is 9.60. The molecule has 5 amide bonds. The third-order valence-electron chi connectivity index (χ3n) is 12.3. The summed E-state index contributed by atoms with van der Waals surface area (Å²) < 4.78 is 12.4. The molecule has 1 aliphatic carbocycles. The molecular weight excluding hydrogens is 791 g/mol. The molecule has 1 aromatic heterocycles. The molecule has 10 N–H and O–H groups in total. The van der Waals surface area contributed by atoms with E-state index >= 15 is 0 Å². The lowest BCUT2D eigenvalue weighted by Crippen LogP contribution is -2.60. The first kappa shape index (κ1) is 50.2. The highest BCUT2D eigenvalue weighted by atomic mass is 16.7. The molecule has 2 aromatic rings. The van der Waals surface area contributed by atoms with Crippen molar-refractivity contribution in [3.63, 3.8) is 0 Å². The molecule has 342 valence electrons. The van der Waals surface area contributed by atoms with Crippen LogP contribution in [0.15, 0.2) is 42.6 Å². The number of nitrogens with one attached hydrogen (secondary N) is 5. The fourth-order valence-electron chi connectivity index (χ4n) is 7.83.